The van der Waals surface area contributed by atoms with Crippen molar-refractivity contribution in [3.8, 4) is 0 Å². The normalized spacial score (nSPS) is 8.11. The number of aryl methyl sites for hydroxylation is 1. The van der Waals surface area contributed by atoms with Crippen LogP contribution in [0, 0.1) is 6.92 Å². The molecule has 5 heteroatoms. The summed E-state index contributed by atoms with van der Waals surface area (Å²) in [4.78, 5) is 18.0. The molecule has 0 aliphatic rings. The molecule has 0 saturated carbocycles. The van der Waals surface area contributed by atoms with Gasteiger partial charge in [-0.3, -0.25) is 9.59 Å². The van der Waals surface area contributed by atoms with Crippen LogP contribution in [-0.4, -0.2) is 22.2 Å². The summed E-state index contributed by atoms with van der Waals surface area (Å²) >= 11 is 0. The van der Waals surface area contributed by atoms with E-state index in [1.54, 1.807) is 0 Å². The fraction of sp³-hybridized carbons (Fsp3) is 0.429. The molecule has 1 aromatic carbocycles. The van der Waals surface area contributed by atoms with Gasteiger partial charge in [-0.1, -0.05) is 43.7 Å². The first-order valence-corrected chi connectivity index (χ1v) is 5.62. The van der Waals surface area contributed by atoms with Crippen molar-refractivity contribution in [1.82, 2.24) is 0 Å². The van der Waals surface area contributed by atoms with Crippen LogP contribution < -0.4 is 0 Å². The Morgan fingerprint density at radius 2 is 1.21 bits per heavy atom. The first kappa shape index (κ1) is 22.9. The molecule has 4 nitrogen and oxygen atoms in total. The van der Waals surface area contributed by atoms with Gasteiger partial charge in [0.2, 0.25) is 0 Å². The third-order valence-corrected chi connectivity index (χ3v) is 1.74. The molecule has 0 heterocycles. The molecule has 0 aromatic heterocycles. The minimum Gasteiger partial charge on any atom is -0.481 e. The zero-order valence-corrected chi connectivity index (χ0v) is 13.7. The first-order valence-electron chi connectivity index (χ1n) is 5.62. The van der Waals surface area contributed by atoms with Gasteiger partial charge >= 0.3 is 0 Å². The van der Waals surface area contributed by atoms with Crippen molar-refractivity contribution in [2.24, 2.45) is 0 Å². The molecule has 1 aromatic rings. The predicted molar refractivity (Wildman–Crippen MR) is 71.9 cm³/mol. The molecule has 0 radical (unpaired) electrons. The Kier molecular flexibility index (Phi) is 15.9. The van der Waals surface area contributed by atoms with Gasteiger partial charge in [-0.25, -0.2) is 0 Å². The molecule has 19 heavy (non-hydrogen) atoms. The maximum Gasteiger partial charge on any atom is 0.300 e. The van der Waals surface area contributed by atoms with E-state index in [4.69, 9.17) is 19.8 Å². The Morgan fingerprint density at radius 1 is 0.947 bits per heavy atom. The standard InChI is InChI=1S/C10H14.2C2H4O2.Ru/c1-8(2)10-6-4-9(3)5-7-10;2*1-2(3)4;/h4-8H,1-3H3;2*1H3,(H,3,4);. The summed E-state index contributed by atoms with van der Waals surface area (Å²) in [5, 5.41) is 14.8. The summed E-state index contributed by atoms with van der Waals surface area (Å²) in [7, 11) is 0. The Labute approximate surface area is 127 Å². The van der Waals surface area contributed by atoms with Gasteiger partial charge in [-0.05, 0) is 18.4 Å². The summed E-state index contributed by atoms with van der Waals surface area (Å²) in [6, 6.07) is 8.71. The number of carboxylic acid groups (broad SMARTS) is 2. The second-order valence-electron chi connectivity index (χ2n) is 4.10. The third kappa shape index (κ3) is 22.4. The van der Waals surface area contributed by atoms with Crippen LogP contribution in [0.2, 0.25) is 0 Å². The average Bonchev–Trinajstić information content (AvgIpc) is 2.16. The topological polar surface area (TPSA) is 74.6 Å². The summed E-state index contributed by atoms with van der Waals surface area (Å²) in [5.74, 6) is -1.01. The number of benzene rings is 1. The first-order chi connectivity index (χ1) is 8.16. The summed E-state index contributed by atoms with van der Waals surface area (Å²) in [6.07, 6.45) is 0. The van der Waals surface area contributed by atoms with E-state index in [0.29, 0.717) is 5.92 Å². The van der Waals surface area contributed by atoms with E-state index in [1.165, 1.54) is 11.1 Å². The van der Waals surface area contributed by atoms with Gasteiger partial charge < -0.3 is 10.2 Å². The molecule has 0 aliphatic carbocycles. The maximum absolute atomic E-state index is 9.00. The number of carbonyl (C=O) groups is 2. The Hall–Kier alpha value is -1.22. The molecule has 0 bridgehead atoms. The monoisotopic (exact) mass is 356 g/mol. The quantitative estimate of drug-likeness (QED) is 0.758. The average molecular weight is 355 g/mol. The molecular formula is C14H22O4Ru. The molecule has 0 saturated heterocycles. The third-order valence-electron chi connectivity index (χ3n) is 1.74. The van der Waals surface area contributed by atoms with Crippen molar-refractivity contribution in [3.63, 3.8) is 0 Å². The molecule has 110 valence electrons. The van der Waals surface area contributed by atoms with E-state index in [0.717, 1.165) is 13.8 Å². The summed E-state index contributed by atoms with van der Waals surface area (Å²) in [6.45, 7) is 8.71. The van der Waals surface area contributed by atoms with Gasteiger partial charge in [0.25, 0.3) is 11.9 Å². The fourth-order valence-electron chi connectivity index (χ4n) is 0.951. The molecule has 0 fully saturated rings. The minimum atomic E-state index is -0.833. The minimum absolute atomic E-state index is 0. The van der Waals surface area contributed by atoms with Crippen LogP contribution in [0.3, 0.4) is 0 Å². The molecule has 0 spiro atoms. The Balaban J connectivity index is -0.000000242. The molecule has 0 aliphatic heterocycles. The van der Waals surface area contributed by atoms with Crippen molar-refractivity contribution in [3.05, 3.63) is 35.4 Å². The number of rotatable bonds is 1. The zero-order chi connectivity index (χ0) is 14.7. The van der Waals surface area contributed by atoms with Crippen LogP contribution in [0.1, 0.15) is 44.7 Å². The molecule has 0 unspecified atom stereocenters. The summed E-state index contributed by atoms with van der Waals surface area (Å²) in [5.41, 5.74) is 2.76. The van der Waals surface area contributed by atoms with E-state index in [9.17, 15) is 0 Å². The van der Waals surface area contributed by atoms with Crippen LogP contribution >= 0.6 is 0 Å². The Bertz CT molecular complexity index is 338. The molecule has 2 N–H and O–H groups in total. The zero-order valence-electron chi connectivity index (χ0n) is 12.0. The SMILES string of the molecule is CC(=O)O.CC(=O)O.Cc1ccc(C(C)C)cc1.[Ru]. The van der Waals surface area contributed by atoms with Gasteiger partial charge in [-0.15, -0.1) is 0 Å². The number of hydrogen-bond acceptors (Lipinski definition) is 2. The van der Waals surface area contributed by atoms with Crippen molar-refractivity contribution >= 4 is 11.9 Å². The van der Waals surface area contributed by atoms with E-state index in [1.807, 2.05) is 0 Å². The van der Waals surface area contributed by atoms with Gasteiger partial charge in [-0.2, -0.15) is 0 Å². The van der Waals surface area contributed by atoms with Gasteiger partial charge in [0.05, 0.1) is 0 Å². The van der Waals surface area contributed by atoms with E-state index in [2.05, 4.69) is 45.0 Å². The van der Waals surface area contributed by atoms with Gasteiger partial charge in [0.15, 0.2) is 0 Å². The molecule has 0 amide bonds. The van der Waals surface area contributed by atoms with Crippen LogP contribution in [0.25, 0.3) is 0 Å². The van der Waals surface area contributed by atoms with Crippen LogP contribution in [0.4, 0.5) is 0 Å². The molecule has 0 atom stereocenters. The molecule has 1 rings (SSSR count). The number of aliphatic carboxylic acids is 2. The largest absolute Gasteiger partial charge is 0.481 e. The van der Waals surface area contributed by atoms with Crippen LogP contribution in [0.5, 0.6) is 0 Å². The number of carboxylic acids is 2. The fourth-order valence-corrected chi connectivity index (χ4v) is 0.951. The van der Waals surface area contributed by atoms with E-state index < -0.39 is 11.9 Å². The van der Waals surface area contributed by atoms with Crippen molar-refractivity contribution < 1.29 is 39.3 Å². The predicted octanol–water partition coefficient (Wildman–Crippen LogP) is 3.30. The van der Waals surface area contributed by atoms with E-state index in [-0.39, 0.29) is 19.5 Å². The van der Waals surface area contributed by atoms with Crippen molar-refractivity contribution in [2.75, 3.05) is 0 Å². The van der Waals surface area contributed by atoms with Crippen LogP contribution in [0.15, 0.2) is 24.3 Å². The van der Waals surface area contributed by atoms with Crippen LogP contribution in [-0.2, 0) is 29.1 Å². The molecular weight excluding hydrogens is 333 g/mol. The second-order valence-corrected chi connectivity index (χ2v) is 4.10. The van der Waals surface area contributed by atoms with Gasteiger partial charge in [0.1, 0.15) is 0 Å². The number of hydrogen-bond donors (Lipinski definition) is 2. The van der Waals surface area contributed by atoms with Gasteiger partial charge in [0, 0.05) is 33.3 Å². The van der Waals surface area contributed by atoms with Crippen molar-refractivity contribution in [2.45, 2.75) is 40.5 Å². The summed E-state index contributed by atoms with van der Waals surface area (Å²) < 4.78 is 0. The van der Waals surface area contributed by atoms with E-state index >= 15 is 0 Å². The van der Waals surface area contributed by atoms with Crippen molar-refractivity contribution in [1.29, 1.82) is 0 Å². The Morgan fingerprint density at radius 3 is 1.42 bits per heavy atom. The maximum atomic E-state index is 9.00. The second kappa shape index (κ2) is 13.2. The smallest absolute Gasteiger partial charge is 0.300 e.